The Morgan fingerprint density at radius 2 is 1.82 bits per heavy atom. The van der Waals surface area contributed by atoms with E-state index in [0.29, 0.717) is 35.2 Å². The number of aromatic amines is 1. The topological polar surface area (TPSA) is 125 Å². The Morgan fingerprint density at radius 1 is 1.09 bits per heavy atom. The van der Waals surface area contributed by atoms with Crippen LogP contribution >= 0.6 is 0 Å². The number of hydrogen-bond donors (Lipinski definition) is 1. The van der Waals surface area contributed by atoms with Gasteiger partial charge in [0.05, 0.1) is 31.9 Å². The van der Waals surface area contributed by atoms with Crippen molar-refractivity contribution in [2.24, 2.45) is 0 Å². The summed E-state index contributed by atoms with van der Waals surface area (Å²) in [6, 6.07) is 8.75. The highest BCUT2D eigenvalue weighted by atomic mass is 32.2. The number of nitrogens with zero attached hydrogens (tertiary/aromatic N) is 4. The normalized spacial score (nSPS) is 11.6. The second-order valence-electron chi connectivity index (χ2n) is 7.71. The van der Waals surface area contributed by atoms with Crippen molar-refractivity contribution in [1.29, 1.82) is 0 Å². The van der Waals surface area contributed by atoms with E-state index in [1.54, 1.807) is 34.9 Å². The van der Waals surface area contributed by atoms with Gasteiger partial charge in [-0.2, -0.15) is 0 Å². The lowest BCUT2D eigenvalue weighted by atomic mass is 10.2. The molecular weight excluding hydrogens is 458 g/mol. The lowest BCUT2D eigenvalue weighted by Gasteiger charge is -2.16. The average molecular weight is 486 g/mol. The first-order chi connectivity index (χ1) is 16.4. The number of aryl methyl sites for hydroxylation is 3. The Labute approximate surface area is 197 Å². The van der Waals surface area contributed by atoms with E-state index < -0.39 is 9.84 Å². The molecule has 0 unspecified atom stereocenters. The molecule has 1 aromatic carbocycles. The van der Waals surface area contributed by atoms with Crippen molar-refractivity contribution in [3.63, 3.8) is 0 Å². The van der Waals surface area contributed by atoms with Crippen LogP contribution in [0.15, 0.2) is 41.0 Å². The number of methoxy groups -OCH3 is 2. The number of hydrogen-bond acceptors (Lipinski definition) is 8. The standard InChI is InChI=1S/C23H27N5O5S/c1-5-20-24-15(2)16(25-20)11-13-34(29,30)14-21-26-27-23(19-10-7-12-33-19)28(21)22-17(31-3)8-6-9-18(22)32-4/h6-10,12H,5,11,13-14H2,1-4H3,(H,24,25). The van der Waals surface area contributed by atoms with E-state index in [-0.39, 0.29) is 17.3 Å². The van der Waals surface area contributed by atoms with Gasteiger partial charge in [-0.15, -0.1) is 10.2 Å². The number of H-pyrrole nitrogens is 1. The molecule has 4 rings (SSSR count). The van der Waals surface area contributed by atoms with Crippen molar-refractivity contribution in [3.05, 3.63) is 59.6 Å². The zero-order valence-electron chi connectivity index (χ0n) is 19.5. The van der Waals surface area contributed by atoms with Crippen LogP contribution in [0.2, 0.25) is 0 Å². The van der Waals surface area contributed by atoms with Gasteiger partial charge in [-0.25, -0.2) is 13.4 Å². The number of ether oxygens (including phenoxy) is 2. The van der Waals surface area contributed by atoms with Gasteiger partial charge < -0.3 is 18.9 Å². The van der Waals surface area contributed by atoms with Crippen LogP contribution in [-0.2, 0) is 28.4 Å². The van der Waals surface area contributed by atoms with E-state index in [4.69, 9.17) is 13.9 Å². The quantitative estimate of drug-likeness (QED) is 0.363. The third kappa shape index (κ3) is 4.69. The molecule has 4 aromatic rings. The number of furan rings is 1. The Kier molecular flexibility index (Phi) is 6.73. The number of imidazole rings is 1. The van der Waals surface area contributed by atoms with Crippen molar-refractivity contribution in [2.45, 2.75) is 32.4 Å². The lowest BCUT2D eigenvalue weighted by Crippen LogP contribution is -2.16. The molecule has 0 amide bonds. The molecule has 0 saturated carbocycles. The molecule has 0 saturated heterocycles. The minimum atomic E-state index is -3.56. The summed E-state index contributed by atoms with van der Waals surface area (Å²) in [6.07, 6.45) is 2.58. The fourth-order valence-corrected chi connectivity index (χ4v) is 4.99. The Hall–Kier alpha value is -3.60. The van der Waals surface area contributed by atoms with Gasteiger partial charge in [0.1, 0.15) is 28.8 Å². The maximum atomic E-state index is 13.1. The van der Waals surface area contributed by atoms with E-state index in [1.807, 2.05) is 13.8 Å². The van der Waals surface area contributed by atoms with Gasteiger partial charge >= 0.3 is 0 Å². The molecule has 11 heteroatoms. The van der Waals surface area contributed by atoms with Crippen LogP contribution in [0.25, 0.3) is 17.3 Å². The van der Waals surface area contributed by atoms with Crippen molar-refractivity contribution < 1.29 is 22.3 Å². The summed E-state index contributed by atoms with van der Waals surface area (Å²) in [7, 11) is -0.501. The van der Waals surface area contributed by atoms with Crippen LogP contribution in [0.4, 0.5) is 0 Å². The van der Waals surface area contributed by atoms with E-state index in [2.05, 4.69) is 20.2 Å². The molecule has 3 heterocycles. The molecule has 0 aliphatic heterocycles. The molecule has 10 nitrogen and oxygen atoms in total. The van der Waals surface area contributed by atoms with Gasteiger partial charge in [0, 0.05) is 18.5 Å². The van der Waals surface area contributed by atoms with Crippen LogP contribution < -0.4 is 9.47 Å². The van der Waals surface area contributed by atoms with Crippen molar-refractivity contribution >= 4 is 9.84 Å². The van der Waals surface area contributed by atoms with Crippen LogP contribution in [0.3, 0.4) is 0 Å². The highest BCUT2D eigenvalue weighted by molar-refractivity contribution is 7.90. The molecule has 0 atom stereocenters. The summed E-state index contributed by atoms with van der Waals surface area (Å²) < 4.78 is 44.5. The predicted octanol–water partition coefficient (Wildman–Crippen LogP) is 3.30. The van der Waals surface area contributed by atoms with Gasteiger partial charge in [-0.05, 0) is 31.2 Å². The maximum absolute atomic E-state index is 13.1. The van der Waals surface area contributed by atoms with E-state index in [0.717, 1.165) is 23.6 Å². The third-order valence-corrected chi connectivity index (χ3v) is 6.99. The van der Waals surface area contributed by atoms with E-state index >= 15 is 0 Å². The summed E-state index contributed by atoms with van der Waals surface area (Å²) in [5.41, 5.74) is 2.13. The summed E-state index contributed by atoms with van der Waals surface area (Å²) in [5, 5.41) is 8.46. The predicted molar refractivity (Wildman–Crippen MR) is 126 cm³/mol. The first kappa shape index (κ1) is 23.6. The summed E-state index contributed by atoms with van der Waals surface area (Å²) >= 11 is 0. The van der Waals surface area contributed by atoms with Gasteiger partial charge in [0.25, 0.3) is 0 Å². The lowest BCUT2D eigenvalue weighted by molar-refractivity contribution is 0.390. The second-order valence-corrected chi connectivity index (χ2v) is 9.90. The third-order valence-electron chi connectivity index (χ3n) is 5.47. The number of nitrogens with one attached hydrogen (secondary N) is 1. The van der Waals surface area contributed by atoms with Crippen molar-refractivity contribution in [2.75, 3.05) is 20.0 Å². The minimum Gasteiger partial charge on any atom is -0.494 e. The Balaban J connectivity index is 1.73. The van der Waals surface area contributed by atoms with Crippen molar-refractivity contribution in [1.82, 2.24) is 24.7 Å². The summed E-state index contributed by atoms with van der Waals surface area (Å²) in [4.78, 5) is 7.67. The summed E-state index contributed by atoms with van der Waals surface area (Å²) in [6.45, 7) is 3.89. The molecule has 0 aliphatic rings. The Bertz CT molecular complexity index is 1350. The first-order valence-electron chi connectivity index (χ1n) is 10.8. The molecular formula is C23H27N5O5S. The molecule has 0 bridgehead atoms. The molecule has 0 spiro atoms. The fourth-order valence-electron chi connectivity index (χ4n) is 3.76. The van der Waals surface area contributed by atoms with E-state index in [1.165, 1.54) is 20.5 Å². The smallest absolute Gasteiger partial charge is 0.204 e. The molecule has 1 N–H and O–H groups in total. The molecule has 0 radical (unpaired) electrons. The molecule has 0 aliphatic carbocycles. The average Bonchev–Trinajstić information content (AvgIpc) is 3.57. The fraction of sp³-hybridized carbons (Fsp3) is 0.348. The van der Waals surface area contributed by atoms with Crippen LogP contribution in [-0.4, -0.2) is 53.1 Å². The SMILES string of the molecule is CCc1nc(CCS(=O)(=O)Cc2nnc(-c3ccco3)n2-c2c(OC)cccc2OC)c(C)[nH]1. The van der Waals surface area contributed by atoms with E-state index in [9.17, 15) is 8.42 Å². The zero-order chi connectivity index (χ0) is 24.3. The summed E-state index contributed by atoms with van der Waals surface area (Å²) in [5.74, 6) is 2.39. The zero-order valence-corrected chi connectivity index (χ0v) is 20.3. The first-order valence-corrected chi connectivity index (χ1v) is 12.6. The molecule has 180 valence electrons. The largest absolute Gasteiger partial charge is 0.494 e. The van der Waals surface area contributed by atoms with Gasteiger partial charge in [-0.3, -0.25) is 4.57 Å². The number of rotatable bonds is 10. The monoisotopic (exact) mass is 485 g/mol. The molecule has 0 fully saturated rings. The van der Waals surface area contributed by atoms with Crippen LogP contribution in [0, 0.1) is 6.92 Å². The van der Waals surface area contributed by atoms with Gasteiger partial charge in [0.15, 0.2) is 21.4 Å². The van der Waals surface area contributed by atoms with Gasteiger partial charge in [-0.1, -0.05) is 13.0 Å². The van der Waals surface area contributed by atoms with Crippen molar-refractivity contribution in [3.8, 4) is 28.8 Å². The highest BCUT2D eigenvalue weighted by Gasteiger charge is 2.26. The highest BCUT2D eigenvalue weighted by Crippen LogP contribution is 2.36. The second kappa shape index (κ2) is 9.72. The Morgan fingerprint density at radius 3 is 2.41 bits per heavy atom. The number of benzene rings is 1. The number of aromatic nitrogens is 5. The maximum Gasteiger partial charge on any atom is 0.204 e. The van der Waals surface area contributed by atoms with Gasteiger partial charge in [0.2, 0.25) is 5.82 Å². The number of para-hydroxylation sites is 1. The van der Waals surface area contributed by atoms with Crippen LogP contribution in [0.5, 0.6) is 11.5 Å². The molecule has 34 heavy (non-hydrogen) atoms. The van der Waals surface area contributed by atoms with Crippen LogP contribution in [0.1, 0.15) is 30.0 Å². The minimum absolute atomic E-state index is 0.0755. The molecule has 3 aromatic heterocycles. The number of sulfone groups is 1.